The third-order valence-corrected chi connectivity index (χ3v) is 8.19. The van der Waals surface area contributed by atoms with Gasteiger partial charge in [0.25, 0.3) is 0 Å². The van der Waals surface area contributed by atoms with Gasteiger partial charge in [-0.05, 0) is 25.8 Å². The minimum Gasteiger partial charge on any atom is -0.507 e. The van der Waals surface area contributed by atoms with Gasteiger partial charge < -0.3 is 39.7 Å². The predicted molar refractivity (Wildman–Crippen MR) is 133 cm³/mol. The van der Waals surface area contributed by atoms with Crippen LogP contribution < -0.4 is 4.74 Å². The zero-order valence-corrected chi connectivity index (χ0v) is 21.6. The molecule has 7 atom stereocenters. The fraction of sp³-hybridized carbons (Fsp3) is 0.500. The van der Waals surface area contributed by atoms with E-state index in [1.54, 1.807) is 13.0 Å². The Balaban J connectivity index is 1.68. The summed E-state index contributed by atoms with van der Waals surface area (Å²) in [5, 5.41) is 54.9. The van der Waals surface area contributed by atoms with Crippen LogP contribution in [0, 0.1) is 5.92 Å². The molecule has 0 saturated carbocycles. The lowest BCUT2D eigenvalue weighted by molar-refractivity contribution is -0.258. The van der Waals surface area contributed by atoms with Crippen LogP contribution >= 0.6 is 0 Å². The first-order valence-electron chi connectivity index (χ1n) is 12.7. The van der Waals surface area contributed by atoms with Gasteiger partial charge in [0.05, 0.1) is 53.8 Å². The Bertz CT molecular complexity index is 1310. The van der Waals surface area contributed by atoms with Gasteiger partial charge in [-0.1, -0.05) is 19.1 Å². The van der Waals surface area contributed by atoms with Gasteiger partial charge in [-0.15, -0.1) is 0 Å². The second-order valence-electron chi connectivity index (χ2n) is 10.6. The van der Waals surface area contributed by atoms with Crippen molar-refractivity contribution in [3.05, 3.63) is 51.6 Å². The minimum absolute atomic E-state index is 0.00494. The van der Waals surface area contributed by atoms with E-state index < -0.39 is 59.4 Å². The zero-order chi connectivity index (χ0) is 27.7. The molecule has 1 saturated heterocycles. The summed E-state index contributed by atoms with van der Waals surface area (Å²) in [5.41, 5.74) is -2.48. The van der Waals surface area contributed by atoms with Crippen LogP contribution in [0.15, 0.2) is 18.2 Å². The number of phenolic OH excluding ortho intramolecular Hbond substituents is 2. The van der Waals surface area contributed by atoms with Crippen LogP contribution in [-0.4, -0.2) is 74.4 Å². The summed E-state index contributed by atoms with van der Waals surface area (Å²) in [6, 6.07) is 4.50. The third-order valence-electron chi connectivity index (χ3n) is 8.19. The highest BCUT2D eigenvalue weighted by atomic mass is 16.7. The van der Waals surface area contributed by atoms with E-state index in [2.05, 4.69) is 0 Å². The largest absolute Gasteiger partial charge is 0.507 e. The maximum Gasteiger partial charge on any atom is 0.202 e. The summed E-state index contributed by atoms with van der Waals surface area (Å²) in [6.07, 6.45) is -4.63. The van der Waals surface area contributed by atoms with Crippen molar-refractivity contribution < 1.29 is 49.3 Å². The summed E-state index contributed by atoms with van der Waals surface area (Å²) >= 11 is 0. The van der Waals surface area contributed by atoms with E-state index in [1.807, 2.05) is 6.92 Å². The van der Waals surface area contributed by atoms with Gasteiger partial charge in [0, 0.05) is 36.0 Å². The second-order valence-corrected chi connectivity index (χ2v) is 10.6. The molecule has 1 aliphatic heterocycles. The topological polar surface area (TPSA) is 163 Å². The number of rotatable bonds is 4. The number of fused-ring (bicyclic) bond motifs is 3. The first kappa shape index (κ1) is 26.6. The number of aromatic hydroxyl groups is 2. The molecule has 2 aromatic carbocycles. The van der Waals surface area contributed by atoms with E-state index in [0.717, 1.165) is 0 Å². The summed E-state index contributed by atoms with van der Waals surface area (Å²) in [4.78, 5) is 27.2. The molecule has 0 spiro atoms. The van der Waals surface area contributed by atoms with Crippen LogP contribution in [0.25, 0.3) is 0 Å². The molecule has 0 bridgehead atoms. The van der Waals surface area contributed by atoms with Crippen molar-refractivity contribution in [2.24, 2.45) is 5.92 Å². The molecule has 1 heterocycles. The number of carbonyl (C=O) groups is 2. The second kappa shape index (κ2) is 9.32. The maximum absolute atomic E-state index is 13.7. The number of aliphatic hydroxyl groups is 3. The maximum atomic E-state index is 13.7. The van der Waals surface area contributed by atoms with Crippen molar-refractivity contribution in [2.75, 3.05) is 7.11 Å². The normalized spacial score (nSPS) is 31.3. The molecule has 0 radical (unpaired) electrons. The summed E-state index contributed by atoms with van der Waals surface area (Å²) in [6.45, 7) is 4.94. The molecule has 38 heavy (non-hydrogen) atoms. The quantitative estimate of drug-likeness (QED) is 0.317. The van der Waals surface area contributed by atoms with Crippen LogP contribution in [0.1, 0.15) is 82.7 Å². The molecule has 2 aliphatic carbocycles. The number of hydrogen-bond acceptors (Lipinski definition) is 10. The lowest BCUT2D eigenvalue weighted by atomic mass is 9.71. The predicted octanol–water partition coefficient (Wildman–Crippen LogP) is 2.13. The molecular formula is C28H32O10. The standard InChI is InChI=1S/C28H32O10/c1-11-8-18(37-12(2)23(11)30)38-17-10-28(35,13(3)29)9-15-20(17)27(34)22-21(25(15)32)24(31)14-6-5-7-16(36-4)19(14)26(22)33/h5-7,11-13,17-18,23,29-30,32,34-35H,8-10H2,1-4H3/t11?,12?,13?,17-,18?,23?,28-/m0/s1. The Morgan fingerprint density at radius 3 is 2.39 bits per heavy atom. The van der Waals surface area contributed by atoms with E-state index in [-0.39, 0.29) is 57.9 Å². The molecule has 204 valence electrons. The number of phenols is 2. The van der Waals surface area contributed by atoms with Gasteiger partial charge in [0.15, 0.2) is 12.1 Å². The van der Waals surface area contributed by atoms with Gasteiger partial charge in [-0.2, -0.15) is 0 Å². The molecule has 3 aliphatic rings. The Labute approximate surface area is 219 Å². The lowest BCUT2D eigenvalue weighted by Crippen LogP contribution is -2.49. The Morgan fingerprint density at radius 2 is 1.76 bits per heavy atom. The molecule has 5 rings (SSSR count). The monoisotopic (exact) mass is 528 g/mol. The van der Waals surface area contributed by atoms with Crippen molar-refractivity contribution in [3.63, 3.8) is 0 Å². The fourth-order valence-corrected chi connectivity index (χ4v) is 5.93. The van der Waals surface area contributed by atoms with E-state index in [1.165, 1.54) is 26.2 Å². The summed E-state index contributed by atoms with van der Waals surface area (Å²) in [7, 11) is 1.36. The van der Waals surface area contributed by atoms with E-state index in [0.29, 0.717) is 6.42 Å². The average molecular weight is 529 g/mol. The molecule has 10 heteroatoms. The number of benzene rings is 2. The molecule has 5 unspecified atom stereocenters. The van der Waals surface area contributed by atoms with Crippen molar-refractivity contribution in [1.29, 1.82) is 0 Å². The number of aliphatic hydroxyl groups excluding tert-OH is 2. The van der Waals surface area contributed by atoms with Crippen molar-refractivity contribution in [3.8, 4) is 17.2 Å². The summed E-state index contributed by atoms with van der Waals surface area (Å²) < 4.78 is 17.3. The van der Waals surface area contributed by atoms with Crippen LogP contribution in [-0.2, 0) is 15.9 Å². The van der Waals surface area contributed by atoms with Crippen molar-refractivity contribution in [1.82, 2.24) is 0 Å². The molecule has 0 amide bonds. The van der Waals surface area contributed by atoms with Crippen LogP contribution in [0.5, 0.6) is 17.2 Å². The highest BCUT2D eigenvalue weighted by molar-refractivity contribution is 6.31. The molecule has 10 nitrogen and oxygen atoms in total. The number of carbonyl (C=O) groups excluding carboxylic acids is 2. The van der Waals surface area contributed by atoms with Crippen LogP contribution in [0.2, 0.25) is 0 Å². The Morgan fingerprint density at radius 1 is 1.08 bits per heavy atom. The van der Waals surface area contributed by atoms with Crippen LogP contribution in [0.3, 0.4) is 0 Å². The smallest absolute Gasteiger partial charge is 0.202 e. The number of hydrogen-bond donors (Lipinski definition) is 5. The Hall–Kier alpha value is -3.02. The number of ether oxygens (including phenoxy) is 3. The van der Waals surface area contributed by atoms with Gasteiger partial charge in [-0.3, -0.25) is 9.59 Å². The van der Waals surface area contributed by atoms with Gasteiger partial charge in [-0.25, -0.2) is 0 Å². The van der Waals surface area contributed by atoms with Crippen LogP contribution in [0.4, 0.5) is 0 Å². The first-order valence-corrected chi connectivity index (χ1v) is 12.7. The summed E-state index contributed by atoms with van der Waals surface area (Å²) in [5.74, 6) is -2.50. The SMILES string of the molecule is COc1cccc2c1C(=O)c1c(O)c3c(c(O)c1C2=O)C[C@@](O)(C(C)O)C[C@@H]3OC1CC(C)C(O)C(C)O1. The third kappa shape index (κ3) is 3.90. The van der Waals surface area contributed by atoms with Gasteiger partial charge in [0.2, 0.25) is 5.78 Å². The average Bonchev–Trinajstić information content (AvgIpc) is 2.87. The Kier molecular flexibility index (Phi) is 6.52. The number of ketones is 2. The minimum atomic E-state index is -1.77. The lowest BCUT2D eigenvalue weighted by Gasteiger charge is -2.43. The zero-order valence-electron chi connectivity index (χ0n) is 21.6. The van der Waals surface area contributed by atoms with Gasteiger partial charge >= 0.3 is 0 Å². The molecule has 0 aromatic heterocycles. The van der Waals surface area contributed by atoms with Crippen molar-refractivity contribution >= 4 is 11.6 Å². The van der Waals surface area contributed by atoms with E-state index in [4.69, 9.17) is 14.2 Å². The number of methoxy groups -OCH3 is 1. The van der Waals surface area contributed by atoms with Crippen molar-refractivity contribution in [2.45, 2.75) is 76.3 Å². The molecule has 1 fully saturated rings. The molecule has 5 N–H and O–H groups in total. The first-order chi connectivity index (χ1) is 17.9. The van der Waals surface area contributed by atoms with E-state index in [9.17, 15) is 35.1 Å². The molecular weight excluding hydrogens is 496 g/mol. The highest BCUT2D eigenvalue weighted by Crippen LogP contribution is 2.53. The molecule has 2 aromatic rings. The highest BCUT2D eigenvalue weighted by Gasteiger charge is 2.49. The van der Waals surface area contributed by atoms with E-state index >= 15 is 0 Å². The fourth-order valence-electron chi connectivity index (χ4n) is 5.93. The van der Waals surface area contributed by atoms with Gasteiger partial charge in [0.1, 0.15) is 17.2 Å².